The second kappa shape index (κ2) is 6.17. The number of ether oxygens (including phenoxy) is 1. The molecule has 0 amide bonds. The minimum Gasteiger partial charge on any atom is -0.494 e. The lowest BCUT2D eigenvalue weighted by Gasteiger charge is -2.11. The molecule has 1 fully saturated rings. The van der Waals surface area contributed by atoms with E-state index in [9.17, 15) is 5.11 Å². The Labute approximate surface area is 161 Å². The largest absolute Gasteiger partial charge is 0.494 e. The van der Waals surface area contributed by atoms with Crippen molar-refractivity contribution in [1.29, 1.82) is 0 Å². The minimum atomic E-state index is -0.497. The molecule has 4 aromatic rings. The van der Waals surface area contributed by atoms with Crippen LogP contribution in [0.5, 0.6) is 5.75 Å². The number of benzene rings is 2. The number of rotatable bonds is 4. The summed E-state index contributed by atoms with van der Waals surface area (Å²) in [6.07, 6.45) is 0.456. The molecular formula is C21H21N5O2. The number of methoxy groups -OCH3 is 1. The number of aliphatic hydroxyl groups excluding tert-OH is 1. The van der Waals surface area contributed by atoms with E-state index in [0.29, 0.717) is 22.8 Å². The second-order valence-corrected chi connectivity index (χ2v) is 7.29. The molecule has 7 nitrogen and oxygen atoms in total. The summed E-state index contributed by atoms with van der Waals surface area (Å²) in [6, 6.07) is 13.7. The summed E-state index contributed by atoms with van der Waals surface area (Å²) in [5.74, 6) is 2.21. The van der Waals surface area contributed by atoms with Gasteiger partial charge in [-0.15, -0.1) is 5.10 Å². The Bertz CT molecular complexity index is 1200. The van der Waals surface area contributed by atoms with Crippen molar-refractivity contribution >= 4 is 22.5 Å². The highest BCUT2D eigenvalue weighted by atomic mass is 16.5. The molecule has 2 aromatic carbocycles. The van der Waals surface area contributed by atoms with Crippen LogP contribution in [0.1, 0.15) is 48.2 Å². The van der Waals surface area contributed by atoms with Gasteiger partial charge in [0.2, 0.25) is 5.95 Å². The first-order valence-corrected chi connectivity index (χ1v) is 9.34. The molecule has 0 saturated heterocycles. The first-order chi connectivity index (χ1) is 13.6. The number of aromatic nitrogens is 4. The van der Waals surface area contributed by atoms with E-state index in [1.54, 1.807) is 18.5 Å². The van der Waals surface area contributed by atoms with Gasteiger partial charge in [0.15, 0.2) is 11.5 Å². The smallest absolute Gasteiger partial charge is 0.223 e. The van der Waals surface area contributed by atoms with Crippen LogP contribution in [0.2, 0.25) is 0 Å². The molecule has 28 heavy (non-hydrogen) atoms. The SMILES string of the molecule is COc1cccc2c1nc(N)n1nc(C3CC3c3ccccc3[C@@H](C)O)nc21. The average molecular weight is 375 g/mol. The van der Waals surface area contributed by atoms with E-state index in [-0.39, 0.29) is 11.9 Å². The summed E-state index contributed by atoms with van der Waals surface area (Å²) in [5, 5.41) is 15.6. The first-order valence-electron chi connectivity index (χ1n) is 9.34. The van der Waals surface area contributed by atoms with Gasteiger partial charge in [0.25, 0.3) is 0 Å². The molecular weight excluding hydrogens is 354 g/mol. The zero-order valence-electron chi connectivity index (χ0n) is 15.7. The monoisotopic (exact) mass is 375 g/mol. The van der Waals surface area contributed by atoms with Crippen LogP contribution < -0.4 is 10.5 Å². The summed E-state index contributed by atoms with van der Waals surface area (Å²) in [6.45, 7) is 1.80. The molecule has 0 spiro atoms. The number of fused-ring (bicyclic) bond motifs is 3. The Balaban J connectivity index is 1.59. The number of para-hydroxylation sites is 1. The maximum absolute atomic E-state index is 10.1. The van der Waals surface area contributed by atoms with E-state index in [1.165, 1.54) is 5.56 Å². The number of hydrogen-bond donors (Lipinski definition) is 2. The number of nitrogens with two attached hydrogens (primary N) is 1. The van der Waals surface area contributed by atoms with Gasteiger partial charge in [-0.1, -0.05) is 30.3 Å². The van der Waals surface area contributed by atoms with Gasteiger partial charge in [0.05, 0.1) is 13.2 Å². The second-order valence-electron chi connectivity index (χ2n) is 7.29. The van der Waals surface area contributed by atoms with E-state index in [0.717, 1.165) is 23.2 Å². The number of nitrogens with zero attached hydrogens (tertiary/aromatic N) is 4. The molecule has 0 aliphatic heterocycles. The molecule has 3 N–H and O–H groups in total. The van der Waals surface area contributed by atoms with E-state index < -0.39 is 6.10 Å². The third-order valence-corrected chi connectivity index (χ3v) is 5.49. The van der Waals surface area contributed by atoms with Crippen molar-refractivity contribution in [2.45, 2.75) is 31.3 Å². The van der Waals surface area contributed by atoms with Crippen molar-refractivity contribution in [1.82, 2.24) is 19.6 Å². The molecule has 3 atom stereocenters. The molecule has 1 saturated carbocycles. The fourth-order valence-corrected chi connectivity index (χ4v) is 4.02. The summed E-state index contributed by atoms with van der Waals surface area (Å²) < 4.78 is 7.01. The Morgan fingerprint density at radius 3 is 2.75 bits per heavy atom. The van der Waals surface area contributed by atoms with Crippen molar-refractivity contribution < 1.29 is 9.84 Å². The van der Waals surface area contributed by atoms with Crippen LogP contribution in [0, 0.1) is 0 Å². The first kappa shape index (κ1) is 16.9. The van der Waals surface area contributed by atoms with Crippen molar-refractivity contribution in [2.24, 2.45) is 0 Å². The number of nitrogen functional groups attached to an aromatic ring is 1. The van der Waals surface area contributed by atoms with Gasteiger partial charge in [-0.3, -0.25) is 0 Å². The van der Waals surface area contributed by atoms with Gasteiger partial charge in [-0.25, -0.2) is 9.97 Å². The van der Waals surface area contributed by atoms with E-state index in [1.807, 2.05) is 36.4 Å². The van der Waals surface area contributed by atoms with Crippen LogP contribution in [0.4, 0.5) is 5.95 Å². The predicted molar refractivity (Wildman–Crippen MR) is 106 cm³/mol. The summed E-state index contributed by atoms with van der Waals surface area (Å²) in [5.41, 5.74) is 9.65. The molecule has 2 heterocycles. The quantitative estimate of drug-likeness (QED) is 0.568. The van der Waals surface area contributed by atoms with Crippen molar-refractivity contribution in [2.75, 3.05) is 12.8 Å². The van der Waals surface area contributed by atoms with Gasteiger partial charge in [-0.05, 0) is 42.5 Å². The topological polar surface area (TPSA) is 98.6 Å². The normalized spacial score (nSPS) is 19.8. The van der Waals surface area contributed by atoms with Gasteiger partial charge in [0, 0.05) is 11.3 Å². The Morgan fingerprint density at radius 2 is 1.96 bits per heavy atom. The third kappa shape index (κ3) is 2.51. The summed E-state index contributed by atoms with van der Waals surface area (Å²) in [7, 11) is 1.61. The minimum absolute atomic E-state index is 0.208. The third-order valence-electron chi connectivity index (χ3n) is 5.49. The van der Waals surface area contributed by atoms with Gasteiger partial charge in [-0.2, -0.15) is 4.52 Å². The maximum Gasteiger partial charge on any atom is 0.223 e. The van der Waals surface area contributed by atoms with Crippen molar-refractivity contribution in [3.05, 3.63) is 59.4 Å². The predicted octanol–water partition coefficient (Wildman–Crippen LogP) is 3.19. The Hall–Kier alpha value is -3.19. The molecule has 2 aromatic heterocycles. The van der Waals surface area contributed by atoms with Crippen LogP contribution in [-0.2, 0) is 0 Å². The average Bonchev–Trinajstić information content (AvgIpc) is 3.37. The number of hydrogen-bond acceptors (Lipinski definition) is 6. The summed E-state index contributed by atoms with van der Waals surface area (Å²) in [4.78, 5) is 9.27. The standard InChI is InChI=1S/C21H21N5O2/c1-11(27)12-6-3-4-7-13(12)15-10-16(15)19-24-20-14-8-5-9-17(28-2)18(14)23-21(22)26(20)25-19/h3-9,11,15-16,27H,10H2,1-2H3,(H2,22,23)/t11-,15?,16?/m1/s1. The lowest BCUT2D eigenvalue weighted by Crippen LogP contribution is -2.03. The lowest BCUT2D eigenvalue weighted by molar-refractivity contribution is 0.198. The van der Waals surface area contributed by atoms with Gasteiger partial charge in [0.1, 0.15) is 11.3 Å². The zero-order chi connectivity index (χ0) is 19.4. The molecule has 2 unspecified atom stereocenters. The van der Waals surface area contributed by atoms with Crippen LogP contribution in [0.25, 0.3) is 16.6 Å². The fraction of sp³-hybridized carbons (Fsp3) is 0.286. The fourth-order valence-electron chi connectivity index (χ4n) is 4.02. The maximum atomic E-state index is 10.1. The molecule has 5 rings (SSSR count). The molecule has 142 valence electrons. The highest BCUT2D eigenvalue weighted by molar-refractivity contribution is 5.95. The number of anilines is 1. The zero-order valence-corrected chi connectivity index (χ0v) is 15.7. The van der Waals surface area contributed by atoms with Crippen LogP contribution in [0.3, 0.4) is 0 Å². The Morgan fingerprint density at radius 1 is 1.14 bits per heavy atom. The number of aliphatic hydroxyl groups is 1. The molecule has 1 aliphatic rings. The Kier molecular flexibility index (Phi) is 3.73. The van der Waals surface area contributed by atoms with Crippen LogP contribution in [0.15, 0.2) is 42.5 Å². The van der Waals surface area contributed by atoms with Gasteiger partial charge >= 0.3 is 0 Å². The van der Waals surface area contributed by atoms with Crippen molar-refractivity contribution in [3.8, 4) is 5.75 Å². The molecule has 0 bridgehead atoms. The highest BCUT2D eigenvalue weighted by Gasteiger charge is 2.44. The van der Waals surface area contributed by atoms with E-state index >= 15 is 0 Å². The van der Waals surface area contributed by atoms with Crippen molar-refractivity contribution in [3.63, 3.8) is 0 Å². The van der Waals surface area contributed by atoms with Gasteiger partial charge < -0.3 is 15.6 Å². The van der Waals surface area contributed by atoms with E-state index in [4.69, 9.17) is 15.5 Å². The highest BCUT2D eigenvalue weighted by Crippen LogP contribution is 2.55. The summed E-state index contributed by atoms with van der Waals surface area (Å²) >= 11 is 0. The molecule has 0 radical (unpaired) electrons. The van der Waals surface area contributed by atoms with Crippen LogP contribution in [-0.4, -0.2) is 31.8 Å². The van der Waals surface area contributed by atoms with E-state index in [2.05, 4.69) is 16.1 Å². The lowest BCUT2D eigenvalue weighted by atomic mass is 9.98. The molecule has 1 aliphatic carbocycles. The van der Waals surface area contributed by atoms with Crippen LogP contribution >= 0.6 is 0 Å². The molecule has 7 heteroatoms.